The van der Waals surface area contributed by atoms with E-state index in [1.165, 1.54) is 47.0 Å². The SMILES string of the molecule is Cc1cccc2sc(=NC(=O)c3ccc(S(=O)(=O)N(C)C(C)C)cc3)n(C)c12. The molecule has 0 radical (unpaired) electrons. The Hall–Kier alpha value is -2.29. The lowest BCUT2D eigenvalue weighted by molar-refractivity contribution is 0.0998. The summed E-state index contributed by atoms with van der Waals surface area (Å²) in [5, 5.41) is 0. The van der Waals surface area contributed by atoms with Crippen LogP contribution in [-0.2, 0) is 17.1 Å². The van der Waals surface area contributed by atoms with Gasteiger partial charge in [-0.2, -0.15) is 9.30 Å². The van der Waals surface area contributed by atoms with Crippen LogP contribution in [0.25, 0.3) is 10.2 Å². The van der Waals surface area contributed by atoms with Gasteiger partial charge in [0.05, 0.1) is 15.1 Å². The normalized spacial score (nSPS) is 13.0. The Balaban J connectivity index is 1.96. The molecule has 0 N–H and O–H groups in total. The van der Waals surface area contributed by atoms with E-state index in [9.17, 15) is 13.2 Å². The highest BCUT2D eigenvalue weighted by atomic mass is 32.2. The number of amides is 1. The fraction of sp³-hybridized carbons (Fsp3) is 0.300. The number of sulfonamides is 1. The maximum atomic E-state index is 12.6. The molecule has 1 heterocycles. The molecule has 0 fully saturated rings. The summed E-state index contributed by atoms with van der Waals surface area (Å²) < 4.78 is 29.3. The number of aromatic nitrogens is 1. The Bertz CT molecular complexity index is 1200. The Labute approximate surface area is 168 Å². The summed E-state index contributed by atoms with van der Waals surface area (Å²) in [5.74, 6) is -0.402. The number of nitrogens with zero attached hydrogens (tertiary/aromatic N) is 3. The Morgan fingerprint density at radius 2 is 1.79 bits per heavy atom. The van der Waals surface area contributed by atoms with Gasteiger partial charge in [-0.25, -0.2) is 8.42 Å². The second-order valence-electron chi connectivity index (χ2n) is 6.92. The molecule has 8 heteroatoms. The second-order valence-corrected chi connectivity index (χ2v) is 9.93. The highest BCUT2D eigenvalue weighted by molar-refractivity contribution is 7.89. The first-order valence-corrected chi connectivity index (χ1v) is 11.1. The van der Waals surface area contributed by atoms with Crippen LogP contribution in [-0.4, -0.2) is 36.3 Å². The van der Waals surface area contributed by atoms with Gasteiger partial charge in [0.2, 0.25) is 10.0 Å². The molecule has 1 amide bonds. The minimum atomic E-state index is -3.58. The van der Waals surface area contributed by atoms with E-state index < -0.39 is 15.9 Å². The molecule has 28 heavy (non-hydrogen) atoms. The topological polar surface area (TPSA) is 71.7 Å². The lowest BCUT2D eigenvalue weighted by atomic mass is 10.2. The van der Waals surface area contributed by atoms with Gasteiger partial charge in [-0.3, -0.25) is 4.79 Å². The average Bonchev–Trinajstić information content (AvgIpc) is 2.97. The highest BCUT2D eigenvalue weighted by Crippen LogP contribution is 2.20. The lowest BCUT2D eigenvalue weighted by Crippen LogP contribution is -2.33. The molecule has 148 valence electrons. The molecule has 1 aromatic heterocycles. The van der Waals surface area contributed by atoms with Crippen LogP contribution in [0.5, 0.6) is 0 Å². The van der Waals surface area contributed by atoms with E-state index in [2.05, 4.69) is 4.99 Å². The molecule has 0 spiro atoms. The average molecular weight is 418 g/mol. The smallest absolute Gasteiger partial charge is 0.279 e. The Morgan fingerprint density at radius 1 is 1.14 bits per heavy atom. The van der Waals surface area contributed by atoms with Gasteiger partial charge in [-0.05, 0) is 56.7 Å². The minimum absolute atomic E-state index is 0.155. The van der Waals surface area contributed by atoms with Crippen molar-refractivity contribution in [2.24, 2.45) is 12.0 Å². The van der Waals surface area contributed by atoms with Gasteiger partial charge in [0, 0.05) is 25.7 Å². The van der Waals surface area contributed by atoms with E-state index in [1.807, 2.05) is 36.7 Å². The zero-order chi connectivity index (χ0) is 20.6. The summed E-state index contributed by atoms with van der Waals surface area (Å²) in [4.78, 5) is 17.6. The van der Waals surface area contributed by atoms with Gasteiger partial charge in [-0.15, -0.1) is 0 Å². The van der Waals surface area contributed by atoms with Crippen molar-refractivity contribution in [1.82, 2.24) is 8.87 Å². The standard InChI is InChI=1S/C20H23N3O3S2/c1-13(2)23(5)28(25,26)16-11-9-15(10-12-16)19(24)21-20-22(4)18-14(3)7-6-8-17(18)27-20/h6-13H,1-5H3. The molecule has 0 unspecified atom stereocenters. The number of carbonyl (C=O) groups excluding carboxylic acids is 1. The van der Waals surface area contributed by atoms with Crippen molar-refractivity contribution in [3.63, 3.8) is 0 Å². The monoisotopic (exact) mass is 417 g/mol. The van der Waals surface area contributed by atoms with E-state index in [1.54, 1.807) is 13.8 Å². The number of carbonyl (C=O) groups is 1. The minimum Gasteiger partial charge on any atom is -0.319 e. The van der Waals surface area contributed by atoms with Crippen molar-refractivity contribution >= 4 is 37.5 Å². The summed E-state index contributed by atoms with van der Waals surface area (Å²) in [5.41, 5.74) is 2.52. The second kappa shape index (κ2) is 7.62. The third-order valence-electron chi connectivity index (χ3n) is 4.73. The molecule has 0 aliphatic heterocycles. The molecule has 0 aliphatic rings. The molecule has 0 saturated heterocycles. The van der Waals surface area contributed by atoms with E-state index in [0.717, 1.165) is 15.8 Å². The summed E-state index contributed by atoms with van der Waals surface area (Å²) in [6.45, 7) is 5.63. The van der Waals surface area contributed by atoms with E-state index in [0.29, 0.717) is 10.4 Å². The van der Waals surface area contributed by atoms with Crippen molar-refractivity contribution in [3.05, 3.63) is 58.4 Å². The predicted octanol–water partition coefficient (Wildman–Crippen LogP) is 3.32. The zero-order valence-corrected chi connectivity index (χ0v) is 18.1. The first-order valence-electron chi connectivity index (χ1n) is 8.85. The van der Waals surface area contributed by atoms with Gasteiger partial charge in [0.1, 0.15) is 0 Å². The van der Waals surface area contributed by atoms with Crippen LogP contribution < -0.4 is 4.80 Å². The maximum absolute atomic E-state index is 12.6. The summed E-state index contributed by atoms with van der Waals surface area (Å²) >= 11 is 1.45. The van der Waals surface area contributed by atoms with Crippen molar-refractivity contribution in [2.75, 3.05) is 7.05 Å². The summed E-state index contributed by atoms with van der Waals surface area (Å²) in [6, 6.07) is 11.8. The number of para-hydroxylation sites is 1. The van der Waals surface area contributed by atoms with Gasteiger partial charge in [0.25, 0.3) is 5.91 Å². The van der Waals surface area contributed by atoms with Crippen LogP contribution in [0.2, 0.25) is 0 Å². The molecule has 0 aliphatic carbocycles. The van der Waals surface area contributed by atoms with Crippen molar-refractivity contribution in [1.29, 1.82) is 0 Å². The Kier molecular flexibility index (Phi) is 5.56. The summed E-state index contributed by atoms with van der Waals surface area (Å²) in [6.07, 6.45) is 0. The van der Waals surface area contributed by atoms with Crippen LogP contribution >= 0.6 is 11.3 Å². The number of hydrogen-bond acceptors (Lipinski definition) is 4. The van der Waals surface area contributed by atoms with E-state index in [-0.39, 0.29) is 10.9 Å². The molecule has 0 saturated carbocycles. The highest BCUT2D eigenvalue weighted by Gasteiger charge is 2.23. The number of hydrogen-bond donors (Lipinski definition) is 0. The van der Waals surface area contributed by atoms with Crippen molar-refractivity contribution in [2.45, 2.75) is 31.7 Å². The number of fused-ring (bicyclic) bond motifs is 1. The first kappa shape index (κ1) is 20.4. The van der Waals surface area contributed by atoms with Crippen LogP contribution in [0, 0.1) is 6.92 Å². The van der Waals surface area contributed by atoms with Crippen molar-refractivity contribution in [3.8, 4) is 0 Å². The van der Waals surface area contributed by atoms with E-state index in [4.69, 9.17) is 0 Å². The van der Waals surface area contributed by atoms with Crippen molar-refractivity contribution < 1.29 is 13.2 Å². The summed E-state index contributed by atoms with van der Waals surface area (Å²) in [7, 11) is -0.155. The quantitative estimate of drug-likeness (QED) is 0.654. The molecule has 0 atom stereocenters. The molecule has 3 aromatic rings. The maximum Gasteiger partial charge on any atom is 0.279 e. The van der Waals surface area contributed by atoms with Crippen LogP contribution in [0.4, 0.5) is 0 Å². The fourth-order valence-electron chi connectivity index (χ4n) is 2.87. The van der Waals surface area contributed by atoms with Crippen LogP contribution in [0.1, 0.15) is 29.8 Å². The lowest BCUT2D eigenvalue weighted by Gasteiger charge is -2.20. The fourth-order valence-corrected chi connectivity index (χ4v) is 5.33. The predicted molar refractivity (Wildman–Crippen MR) is 112 cm³/mol. The zero-order valence-electron chi connectivity index (χ0n) is 16.5. The van der Waals surface area contributed by atoms with Gasteiger partial charge in [0.15, 0.2) is 4.80 Å². The van der Waals surface area contributed by atoms with Gasteiger partial charge < -0.3 is 4.57 Å². The number of thiazole rings is 1. The van der Waals surface area contributed by atoms with Crippen LogP contribution in [0.3, 0.4) is 0 Å². The largest absolute Gasteiger partial charge is 0.319 e. The number of aryl methyl sites for hydroxylation is 2. The number of benzene rings is 2. The Morgan fingerprint density at radius 3 is 2.36 bits per heavy atom. The molecule has 2 aromatic carbocycles. The molecular formula is C20H23N3O3S2. The van der Waals surface area contributed by atoms with Gasteiger partial charge in [-0.1, -0.05) is 23.5 Å². The van der Waals surface area contributed by atoms with E-state index >= 15 is 0 Å². The third kappa shape index (κ3) is 3.67. The molecule has 6 nitrogen and oxygen atoms in total. The van der Waals surface area contributed by atoms with Crippen LogP contribution in [0.15, 0.2) is 52.4 Å². The molecule has 0 bridgehead atoms. The molecule has 3 rings (SSSR count). The third-order valence-corrected chi connectivity index (χ3v) is 7.87. The first-order chi connectivity index (χ1) is 13.1. The van der Waals surface area contributed by atoms with Gasteiger partial charge >= 0.3 is 0 Å². The molecular weight excluding hydrogens is 394 g/mol. The number of rotatable bonds is 4.